The van der Waals surface area contributed by atoms with Crippen LogP contribution < -0.4 is 10.6 Å². The van der Waals surface area contributed by atoms with E-state index in [0.717, 1.165) is 63.4 Å². The van der Waals surface area contributed by atoms with Crippen LogP contribution in [-0.2, 0) is 24.2 Å². The minimum Gasteiger partial charge on any atom is -0.379 e. The first-order valence-corrected chi connectivity index (χ1v) is 10.5. The minimum absolute atomic E-state index is 0.232. The zero-order chi connectivity index (χ0) is 18.5. The maximum atomic E-state index is 5.59. The second-order valence-corrected chi connectivity index (χ2v) is 7.95. The van der Waals surface area contributed by atoms with Crippen LogP contribution in [0.1, 0.15) is 50.2 Å². The van der Waals surface area contributed by atoms with Crippen LogP contribution in [-0.4, -0.2) is 71.1 Å². The van der Waals surface area contributed by atoms with Gasteiger partial charge in [-0.1, -0.05) is 19.3 Å². The minimum atomic E-state index is 0.232. The molecule has 0 spiro atoms. The molecule has 1 saturated heterocycles. The second-order valence-electron chi connectivity index (χ2n) is 7.95. The summed E-state index contributed by atoms with van der Waals surface area (Å²) in [5.41, 5.74) is 0.232. The number of hydrogen-bond donors (Lipinski definition) is 2. The summed E-state index contributed by atoms with van der Waals surface area (Å²) in [5, 5.41) is 15.7. The molecule has 1 aromatic heterocycles. The van der Waals surface area contributed by atoms with E-state index in [9.17, 15) is 0 Å². The van der Waals surface area contributed by atoms with Gasteiger partial charge in [0.25, 0.3) is 0 Å². The van der Waals surface area contributed by atoms with E-state index in [1.165, 1.54) is 38.5 Å². The Balaban J connectivity index is 1.35. The molecule has 4 rings (SSSR count). The molecule has 2 fully saturated rings. The van der Waals surface area contributed by atoms with E-state index in [4.69, 9.17) is 4.74 Å². The lowest BCUT2D eigenvalue weighted by molar-refractivity contribution is -0.0352. The van der Waals surface area contributed by atoms with Gasteiger partial charge in [-0.15, -0.1) is 10.2 Å². The smallest absolute Gasteiger partial charge is 0.191 e. The number of aliphatic imine (C=N–C) groups is 1. The van der Waals surface area contributed by atoms with Gasteiger partial charge in [-0.25, -0.2) is 0 Å². The van der Waals surface area contributed by atoms with Gasteiger partial charge in [-0.2, -0.15) is 0 Å². The summed E-state index contributed by atoms with van der Waals surface area (Å²) in [6.45, 7) is 6.42. The maximum absolute atomic E-state index is 5.59. The fourth-order valence-corrected chi connectivity index (χ4v) is 4.83. The molecular formula is C19H33N7O. The van der Waals surface area contributed by atoms with Crippen molar-refractivity contribution < 1.29 is 4.74 Å². The monoisotopic (exact) mass is 375 g/mol. The number of aromatic nitrogens is 3. The molecule has 0 amide bonds. The summed E-state index contributed by atoms with van der Waals surface area (Å²) < 4.78 is 7.82. The van der Waals surface area contributed by atoms with E-state index in [-0.39, 0.29) is 5.54 Å². The van der Waals surface area contributed by atoms with E-state index < -0.39 is 0 Å². The summed E-state index contributed by atoms with van der Waals surface area (Å²) in [4.78, 5) is 7.09. The van der Waals surface area contributed by atoms with Crippen molar-refractivity contribution in [2.75, 3.05) is 39.9 Å². The van der Waals surface area contributed by atoms with Gasteiger partial charge in [-0.3, -0.25) is 9.89 Å². The van der Waals surface area contributed by atoms with E-state index in [1.807, 2.05) is 7.05 Å². The number of morpholine rings is 1. The van der Waals surface area contributed by atoms with E-state index in [1.54, 1.807) is 0 Å². The summed E-state index contributed by atoms with van der Waals surface area (Å²) >= 11 is 0. The van der Waals surface area contributed by atoms with Crippen LogP contribution in [0.4, 0.5) is 0 Å². The van der Waals surface area contributed by atoms with Crippen molar-refractivity contribution in [3.05, 3.63) is 11.6 Å². The highest BCUT2D eigenvalue weighted by molar-refractivity contribution is 5.79. The number of hydrogen-bond acceptors (Lipinski definition) is 5. The molecule has 2 aliphatic heterocycles. The molecular weight excluding hydrogens is 342 g/mol. The van der Waals surface area contributed by atoms with Gasteiger partial charge >= 0.3 is 0 Å². The molecule has 3 aliphatic rings. The highest BCUT2D eigenvalue weighted by Gasteiger charge is 2.38. The van der Waals surface area contributed by atoms with Crippen molar-refractivity contribution in [2.24, 2.45) is 4.99 Å². The average molecular weight is 376 g/mol. The first-order chi connectivity index (χ1) is 13.3. The predicted octanol–water partition coefficient (Wildman–Crippen LogP) is 0.924. The standard InChI is InChI=1S/C19H33N7O/c1-20-18(21-14-17-24-23-16-6-5-9-26(16)17)22-15-19(7-3-2-4-8-19)25-10-12-27-13-11-25/h2-15H2,1H3,(H2,20,21,22). The molecule has 0 bridgehead atoms. The van der Waals surface area contributed by atoms with Crippen molar-refractivity contribution >= 4 is 5.96 Å². The molecule has 8 heteroatoms. The number of guanidine groups is 1. The molecule has 0 atom stereocenters. The van der Waals surface area contributed by atoms with Crippen molar-refractivity contribution in [2.45, 2.75) is 63.6 Å². The van der Waals surface area contributed by atoms with Crippen LogP contribution >= 0.6 is 0 Å². The zero-order valence-electron chi connectivity index (χ0n) is 16.5. The quantitative estimate of drug-likeness (QED) is 0.589. The Morgan fingerprint density at radius 2 is 1.89 bits per heavy atom. The van der Waals surface area contributed by atoms with Crippen LogP contribution in [0.5, 0.6) is 0 Å². The molecule has 2 N–H and O–H groups in total. The fraction of sp³-hybridized carbons (Fsp3) is 0.842. The van der Waals surface area contributed by atoms with Crippen LogP contribution in [0.2, 0.25) is 0 Å². The molecule has 0 unspecified atom stereocenters. The number of ether oxygens (including phenoxy) is 1. The van der Waals surface area contributed by atoms with Gasteiger partial charge in [0, 0.05) is 45.2 Å². The average Bonchev–Trinajstić information content (AvgIpc) is 3.34. The summed E-state index contributed by atoms with van der Waals surface area (Å²) in [6.07, 6.45) is 8.73. The summed E-state index contributed by atoms with van der Waals surface area (Å²) in [5.74, 6) is 2.97. The molecule has 0 aromatic carbocycles. The Kier molecular flexibility index (Phi) is 5.92. The van der Waals surface area contributed by atoms with Crippen molar-refractivity contribution in [3.63, 3.8) is 0 Å². The van der Waals surface area contributed by atoms with Crippen LogP contribution in [0, 0.1) is 0 Å². The molecule has 8 nitrogen and oxygen atoms in total. The first-order valence-electron chi connectivity index (χ1n) is 10.5. The highest BCUT2D eigenvalue weighted by Crippen LogP contribution is 2.33. The van der Waals surface area contributed by atoms with Gasteiger partial charge in [0.15, 0.2) is 11.8 Å². The van der Waals surface area contributed by atoms with Crippen molar-refractivity contribution in [1.29, 1.82) is 0 Å². The lowest BCUT2D eigenvalue weighted by Crippen LogP contribution is -2.60. The van der Waals surface area contributed by atoms with Crippen LogP contribution in [0.15, 0.2) is 4.99 Å². The Labute approximate surface area is 161 Å². The van der Waals surface area contributed by atoms with Gasteiger partial charge < -0.3 is 19.9 Å². The number of fused-ring (bicyclic) bond motifs is 1. The van der Waals surface area contributed by atoms with Gasteiger partial charge in [0.1, 0.15) is 5.82 Å². The lowest BCUT2D eigenvalue weighted by atomic mass is 9.80. The van der Waals surface area contributed by atoms with Gasteiger partial charge in [0.2, 0.25) is 0 Å². The normalized spacial score (nSPS) is 23.2. The van der Waals surface area contributed by atoms with Crippen molar-refractivity contribution in [1.82, 2.24) is 30.3 Å². The molecule has 0 radical (unpaired) electrons. The van der Waals surface area contributed by atoms with E-state index in [2.05, 4.69) is 35.3 Å². The summed E-state index contributed by atoms with van der Waals surface area (Å²) in [7, 11) is 1.84. The fourth-order valence-electron chi connectivity index (χ4n) is 4.83. The van der Waals surface area contributed by atoms with E-state index in [0.29, 0.717) is 6.54 Å². The Bertz CT molecular complexity index is 644. The zero-order valence-corrected chi connectivity index (χ0v) is 16.5. The Hall–Kier alpha value is -1.67. The number of aryl methyl sites for hydroxylation is 1. The Morgan fingerprint density at radius 3 is 2.67 bits per heavy atom. The molecule has 1 saturated carbocycles. The second kappa shape index (κ2) is 8.56. The van der Waals surface area contributed by atoms with E-state index >= 15 is 0 Å². The molecule has 27 heavy (non-hydrogen) atoms. The largest absolute Gasteiger partial charge is 0.379 e. The Morgan fingerprint density at radius 1 is 1.07 bits per heavy atom. The maximum Gasteiger partial charge on any atom is 0.191 e. The lowest BCUT2D eigenvalue weighted by Gasteiger charge is -2.48. The predicted molar refractivity (Wildman–Crippen MR) is 105 cm³/mol. The SMILES string of the molecule is CN=C(NCc1nnc2n1CCC2)NCC1(N2CCOCC2)CCCCC1. The number of nitrogens with zero attached hydrogens (tertiary/aromatic N) is 5. The van der Waals surface area contributed by atoms with Crippen molar-refractivity contribution in [3.8, 4) is 0 Å². The number of rotatable bonds is 5. The molecule has 150 valence electrons. The molecule has 1 aliphatic carbocycles. The summed E-state index contributed by atoms with van der Waals surface area (Å²) in [6, 6.07) is 0. The number of nitrogens with one attached hydrogen (secondary N) is 2. The highest BCUT2D eigenvalue weighted by atomic mass is 16.5. The molecule has 1 aromatic rings. The topological polar surface area (TPSA) is 79.6 Å². The third-order valence-corrected chi connectivity index (χ3v) is 6.37. The van der Waals surface area contributed by atoms with Gasteiger partial charge in [-0.05, 0) is 19.3 Å². The third kappa shape index (κ3) is 4.11. The third-order valence-electron chi connectivity index (χ3n) is 6.37. The molecule has 3 heterocycles. The van der Waals surface area contributed by atoms with Crippen LogP contribution in [0.25, 0.3) is 0 Å². The van der Waals surface area contributed by atoms with Crippen LogP contribution in [0.3, 0.4) is 0 Å². The first kappa shape index (κ1) is 18.7. The van der Waals surface area contributed by atoms with Gasteiger partial charge in [0.05, 0.1) is 19.8 Å².